The van der Waals surface area contributed by atoms with Gasteiger partial charge in [-0.25, -0.2) is 0 Å². The van der Waals surface area contributed by atoms with E-state index < -0.39 is 9.28 Å². The van der Waals surface area contributed by atoms with Crippen molar-refractivity contribution in [2.45, 2.75) is 46.7 Å². The fourth-order valence-corrected chi connectivity index (χ4v) is 4.08. The molecular formula is C11H27NO2Si. The van der Waals surface area contributed by atoms with Crippen molar-refractivity contribution in [2.24, 2.45) is 5.92 Å². The molecule has 1 unspecified atom stereocenters. The fraction of sp³-hybridized carbons (Fsp3) is 1.00. The van der Waals surface area contributed by atoms with Crippen molar-refractivity contribution in [1.29, 1.82) is 0 Å². The number of hydrogen-bond acceptors (Lipinski definition) is 3. The van der Waals surface area contributed by atoms with E-state index >= 15 is 0 Å². The maximum absolute atomic E-state index is 5.75. The van der Waals surface area contributed by atoms with E-state index in [4.69, 9.17) is 8.85 Å². The van der Waals surface area contributed by atoms with E-state index in [1.165, 1.54) is 0 Å². The van der Waals surface area contributed by atoms with Crippen molar-refractivity contribution in [3.63, 3.8) is 0 Å². The Hall–Kier alpha value is 0.0969. The first-order valence-corrected chi connectivity index (χ1v) is 7.73. The second-order valence-corrected chi connectivity index (χ2v) is 6.28. The summed E-state index contributed by atoms with van der Waals surface area (Å²) in [6, 6.07) is 0. The molecule has 0 amide bonds. The standard InChI is InChI=1S/C11H27NO2Si/c1-6-12-11(9-10(4)5)15(13-7-2)14-8-3/h10-12,15H,6-9H2,1-5H3. The largest absolute Gasteiger partial charge is 0.396 e. The summed E-state index contributed by atoms with van der Waals surface area (Å²) in [5.41, 5.74) is 0.440. The highest BCUT2D eigenvalue weighted by Crippen LogP contribution is 2.09. The highest BCUT2D eigenvalue weighted by Gasteiger charge is 2.25. The monoisotopic (exact) mass is 233 g/mol. The Morgan fingerprint density at radius 1 is 1.07 bits per heavy atom. The van der Waals surface area contributed by atoms with E-state index in [0.717, 1.165) is 26.2 Å². The molecule has 4 heteroatoms. The smallest absolute Gasteiger partial charge is 0.338 e. The van der Waals surface area contributed by atoms with Crippen LogP contribution in [0.2, 0.25) is 0 Å². The molecule has 0 rings (SSSR count). The minimum atomic E-state index is -1.53. The Kier molecular flexibility index (Phi) is 9.39. The van der Waals surface area contributed by atoms with E-state index in [9.17, 15) is 0 Å². The SMILES string of the molecule is CCNC(CC(C)C)[SiH](OCC)OCC. The van der Waals surface area contributed by atoms with Crippen LogP contribution in [0.1, 0.15) is 41.0 Å². The Bertz CT molecular complexity index is 139. The minimum Gasteiger partial charge on any atom is -0.396 e. The second kappa shape index (κ2) is 9.33. The predicted molar refractivity (Wildman–Crippen MR) is 67.3 cm³/mol. The van der Waals surface area contributed by atoms with Crippen molar-refractivity contribution in [1.82, 2.24) is 5.32 Å². The highest BCUT2D eigenvalue weighted by molar-refractivity contribution is 6.46. The van der Waals surface area contributed by atoms with Crippen LogP contribution in [0.5, 0.6) is 0 Å². The van der Waals surface area contributed by atoms with Crippen molar-refractivity contribution < 1.29 is 8.85 Å². The lowest BCUT2D eigenvalue weighted by molar-refractivity contribution is 0.195. The summed E-state index contributed by atoms with van der Waals surface area (Å²) >= 11 is 0. The quantitative estimate of drug-likeness (QED) is 0.617. The minimum absolute atomic E-state index is 0.440. The summed E-state index contributed by atoms with van der Waals surface area (Å²) in [5, 5.41) is 3.50. The van der Waals surface area contributed by atoms with Gasteiger partial charge in [0.1, 0.15) is 0 Å². The second-order valence-electron chi connectivity index (χ2n) is 4.07. The summed E-state index contributed by atoms with van der Waals surface area (Å²) in [5.74, 6) is 0.685. The molecule has 0 aliphatic rings. The summed E-state index contributed by atoms with van der Waals surface area (Å²) < 4.78 is 11.5. The average molecular weight is 233 g/mol. The van der Waals surface area contributed by atoms with Gasteiger partial charge in [-0.15, -0.1) is 0 Å². The summed E-state index contributed by atoms with van der Waals surface area (Å²) in [6.45, 7) is 13.2. The molecule has 0 heterocycles. The van der Waals surface area contributed by atoms with E-state index in [1.807, 2.05) is 13.8 Å². The maximum atomic E-state index is 5.75. The number of rotatable bonds is 9. The fourth-order valence-electron chi connectivity index (χ4n) is 1.67. The molecule has 0 aromatic carbocycles. The van der Waals surface area contributed by atoms with Crippen molar-refractivity contribution in [2.75, 3.05) is 19.8 Å². The third kappa shape index (κ3) is 7.06. The van der Waals surface area contributed by atoms with Crippen LogP contribution < -0.4 is 5.32 Å². The summed E-state index contributed by atoms with van der Waals surface area (Å²) in [7, 11) is -1.53. The van der Waals surface area contributed by atoms with Gasteiger partial charge in [-0.3, -0.25) is 0 Å². The lowest BCUT2D eigenvalue weighted by Gasteiger charge is -2.26. The predicted octanol–water partition coefficient (Wildman–Crippen LogP) is 1.84. The van der Waals surface area contributed by atoms with Crippen molar-refractivity contribution in [3.05, 3.63) is 0 Å². The van der Waals surface area contributed by atoms with Gasteiger partial charge in [0.05, 0.1) is 0 Å². The first-order valence-electron chi connectivity index (χ1n) is 6.12. The molecule has 1 N–H and O–H groups in total. The molecule has 0 spiro atoms. The van der Waals surface area contributed by atoms with E-state index in [-0.39, 0.29) is 0 Å². The number of nitrogens with one attached hydrogen (secondary N) is 1. The third-order valence-electron chi connectivity index (χ3n) is 2.18. The third-order valence-corrected chi connectivity index (χ3v) is 4.67. The maximum Gasteiger partial charge on any atom is 0.338 e. The molecule has 0 aromatic heterocycles. The van der Waals surface area contributed by atoms with Gasteiger partial charge < -0.3 is 14.2 Å². The summed E-state index contributed by atoms with van der Waals surface area (Å²) in [6.07, 6.45) is 1.14. The molecule has 15 heavy (non-hydrogen) atoms. The van der Waals surface area contributed by atoms with Crippen LogP contribution >= 0.6 is 0 Å². The molecule has 0 aromatic rings. The first kappa shape index (κ1) is 15.1. The van der Waals surface area contributed by atoms with E-state index in [2.05, 4.69) is 26.1 Å². The van der Waals surface area contributed by atoms with Crippen molar-refractivity contribution >= 4 is 9.28 Å². The van der Waals surface area contributed by atoms with Crippen molar-refractivity contribution in [3.8, 4) is 0 Å². The molecule has 0 saturated heterocycles. The van der Waals surface area contributed by atoms with Crippen LogP contribution in [0.15, 0.2) is 0 Å². The Labute approximate surface area is 96.4 Å². The normalized spacial score (nSPS) is 13.8. The molecule has 0 bridgehead atoms. The zero-order valence-corrected chi connectivity index (χ0v) is 12.0. The van der Waals surface area contributed by atoms with Crippen LogP contribution in [0, 0.1) is 5.92 Å². The van der Waals surface area contributed by atoms with Crippen LogP contribution in [0.4, 0.5) is 0 Å². The highest BCUT2D eigenvalue weighted by atomic mass is 28.3. The molecule has 0 radical (unpaired) electrons. The van der Waals surface area contributed by atoms with Gasteiger partial charge in [0, 0.05) is 18.9 Å². The van der Waals surface area contributed by atoms with Gasteiger partial charge in [-0.1, -0.05) is 20.8 Å². The molecule has 0 aliphatic heterocycles. The van der Waals surface area contributed by atoms with Gasteiger partial charge in [0.15, 0.2) is 0 Å². The molecule has 92 valence electrons. The van der Waals surface area contributed by atoms with Gasteiger partial charge >= 0.3 is 9.28 Å². The van der Waals surface area contributed by atoms with E-state index in [0.29, 0.717) is 11.6 Å². The first-order chi connectivity index (χ1) is 7.15. The Balaban J connectivity index is 4.22. The molecular weight excluding hydrogens is 206 g/mol. The van der Waals surface area contributed by atoms with Crippen LogP contribution in [0.3, 0.4) is 0 Å². The lowest BCUT2D eigenvalue weighted by Crippen LogP contribution is -2.47. The zero-order valence-electron chi connectivity index (χ0n) is 10.9. The summed E-state index contributed by atoms with van der Waals surface area (Å²) in [4.78, 5) is 0. The average Bonchev–Trinajstić information content (AvgIpc) is 2.16. The van der Waals surface area contributed by atoms with Gasteiger partial charge in [-0.05, 0) is 32.7 Å². The lowest BCUT2D eigenvalue weighted by atomic mass is 10.1. The molecule has 0 saturated carbocycles. The number of hydrogen-bond donors (Lipinski definition) is 1. The Morgan fingerprint density at radius 3 is 1.93 bits per heavy atom. The van der Waals surface area contributed by atoms with Crippen LogP contribution in [-0.2, 0) is 8.85 Å². The molecule has 0 fully saturated rings. The molecule has 0 aliphatic carbocycles. The van der Waals surface area contributed by atoms with Gasteiger partial charge in [0.25, 0.3) is 0 Å². The topological polar surface area (TPSA) is 30.5 Å². The van der Waals surface area contributed by atoms with E-state index in [1.54, 1.807) is 0 Å². The van der Waals surface area contributed by atoms with Gasteiger partial charge in [-0.2, -0.15) is 0 Å². The zero-order chi connectivity index (χ0) is 11.7. The molecule has 3 nitrogen and oxygen atoms in total. The molecule has 1 atom stereocenters. The van der Waals surface area contributed by atoms with Gasteiger partial charge in [0.2, 0.25) is 0 Å². The van der Waals surface area contributed by atoms with Crippen LogP contribution in [-0.4, -0.2) is 34.7 Å². The Morgan fingerprint density at radius 2 is 1.60 bits per heavy atom. The van der Waals surface area contributed by atoms with Crippen LogP contribution in [0.25, 0.3) is 0 Å².